The van der Waals surface area contributed by atoms with Crippen molar-refractivity contribution < 1.29 is 19.1 Å². The number of aromatic nitrogens is 1. The Bertz CT molecular complexity index is 1340. The van der Waals surface area contributed by atoms with E-state index in [0.29, 0.717) is 35.7 Å². The maximum absolute atomic E-state index is 13.0. The van der Waals surface area contributed by atoms with Crippen LogP contribution >= 0.6 is 11.3 Å². The Hall–Kier alpha value is -3.55. The fraction of sp³-hybridized carbons (Fsp3) is 0.192. The van der Waals surface area contributed by atoms with Crippen LogP contribution in [0.5, 0.6) is 0 Å². The van der Waals surface area contributed by atoms with Gasteiger partial charge in [0, 0.05) is 18.7 Å². The molecule has 4 rings (SSSR count). The van der Waals surface area contributed by atoms with Gasteiger partial charge in [-0.25, -0.2) is 4.79 Å². The lowest BCUT2D eigenvalue weighted by Crippen LogP contribution is -2.19. The van der Waals surface area contributed by atoms with Crippen molar-refractivity contribution in [1.82, 2.24) is 4.57 Å². The van der Waals surface area contributed by atoms with Crippen LogP contribution in [0.3, 0.4) is 0 Å². The van der Waals surface area contributed by atoms with Crippen molar-refractivity contribution in [2.75, 3.05) is 20.3 Å². The van der Waals surface area contributed by atoms with E-state index < -0.39 is 5.97 Å². The number of thiazole rings is 1. The molecule has 1 aromatic heterocycles. The second-order valence-electron chi connectivity index (χ2n) is 7.27. The predicted octanol–water partition coefficient (Wildman–Crippen LogP) is 4.93. The van der Waals surface area contributed by atoms with Crippen molar-refractivity contribution in [1.29, 1.82) is 0 Å². The molecule has 7 heteroatoms. The Labute approximate surface area is 195 Å². The molecule has 0 N–H and O–H groups in total. The summed E-state index contributed by atoms with van der Waals surface area (Å²) in [7, 11) is 1.35. The van der Waals surface area contributed by atoms with Gasteiger partial charge in [0.15, 0.2) is 4.80 Å². The first kappa shape index (κ1) is 22.6. The molecule has 4 aromatic rings. The van der Waals surface area contributed by atoms with Gasteiger partial charge in [-0.05, 0) is 48.4 Å². The van der Waals surface area contributed by atoms with E-state index >= 15 is 0 Å². The quantitative estimate of drug-likeness (QED) is 0.290. The van der Waals surface area contributed by atoms with Gasteiger partial charge < -0.3 is 14.0 Å². The maximum Gasteiger partial charge on any atom is 0.337 e. The molecule has 0 radical (unpaired) electrons. The SMILES string of the molecule is CCOCCn1c(=NC(=O)c2ccc(-c3ccccc3)cc2)sc2cc(C(=O)OC)ccc21. The molecule has 0 unspecified atom stereocenters. The number of hydrogen-bond donors (Lipinski definition) is 0. The number of rotatable bonds is 7. The minimum absolute atomic E-state index is 0.320. The molecule has 0 saturated heterocycles. The smallest absolute Gasteiger partial charge is 0.337 e. The fourth-order valence-electron chi connectivity index (χ4n) is 3.51. The second kappa shape index (κ2) is 10.4. The summed E-state index contributed by atoms with van der Waals surface area (Å²) < 4.78 is 13.1. The minimum atomic E-state index is -0.403. The van der Waals surface area contributed by atoms with E-state index in [0.717, 1.165) is 21.3 Å². The van der Waals surface area contributed by atoms with Gasteiger partial charge in [-0.1, -0.05) is 53.8 Å². The van der Waals surface area contributed by atoms with E-state index in [1.54, 1.807) is 24.3 Å². The van der Waals surface area contributed by atoms with E-state index in [-0.39, 0.29) is 5.91 Å². The summed E-state index contributed by atoms with van der Waals surface area (Å²) in [6.45, 7) is 3.58. The van der Waals surface area contributed by atoms with Crippen LogP contribution in [0.2, 0.25) is 0 Å². The zero-order valence-electron chi connectivity index (χ0n) is 18.5. The average molecular weight is 461 g/mol. The third kappa shape index (κ3) is 5.10. The highest BCUT2D eigenvalue weighted by molar-refractivity contribution is 7.16. The first-order chi connectivity index (χ1) is 16.1. The standard InChI is InChI=1S/C26H24N2O4S/c1-3-32-16-15-28-22-14-13-21(25(30)31-2)17-23(22)33-26(28)27-24(29)20-11-9-19(10-12-20)18-7-5-4-6-8-18/h4-14,17H,3,15-16H2,1-2H3. The Morgan fingerprint density at radius 3 is 2.33 bits per heavy atom. The largest absolute Gasteiger partial charge is 0.465 e. The van der Waals surface area contributed by atoms with Crippen molar-refractivity contribution in [2.24, 2.45) is 4.99 Å². The van der Waals surface area contributed by atoms with Crippen LogP contribution in [0.15, 0.2) is 77.8 Å². The summed E-state index contributed by atoms with van der Waals surface area (Å²) in [5, 5.41) is 0. The summed E-state index contributed by atoms with van der Waals surface area (Å²) >= 11 is 1.36. The van der Waals surface area contributed by atoms with E-state index in [1.165, 1.54) is 18.4 Å². The molecule has 0 saturated carbocycles. The van der Waals surface area contributed by atoms with E-state index in [9.17, 15) is 9.59 Å². The lowest BCUT2D eigenvalue weighted by molar-refractivity contribution is 0.0600. The van der Waals surface area contributed by atoms with Crippen LogP contribution in [0, 0.1) is 0 Å². The second-order valence-corrected chi connectivity index (χ2v) is 8.28. The molecule has 1 amide bonds. The molecule has 0 atom stereocenters. The topological polar surface area (TPSA) is 69.9 Å². The van der Waals surface area contributed by atoms with Crippen molar-refractivity contribution in [3.05, 3.63) is 88.7 Å². The first-order valence-electron chi connectivity index (χ1n) is 10.6. The summed E-state index contributed by atoms with van der Waals surface area (Å²) in [5.41, 5.74) is 3.99. The van der Waals surface area contributed by atoms with Gasteiger partial charge in [0.1, 0.15) is 0 Å². The summed E-state index contributed by atoms with van der Waals surface area (Å²) in [5.74, 6) is -0.723. The highest BCUT2D eigenvalue weighted by atomic mass is 32.1. The molecule has 168 valence electrons. The number of amides is 1. The van der Waals surface area contributed by atoms with Gasteiger partial charge in [-0.15, -0.1) is 0 Å². The highest BCUT2D eigenvalue weighted by Gasteiger charge is 2.13. The van der Waals surface area contributed by atoms with E-state index in [4.69, 9.17) is 9.47 Å². The van der Waals surface area contributed by atoms with Gasteiger partial charge in [-0.2, -0.15) is 4.99 Å². The van der Waals surface area contributed by atoms with Gasteiger partial charge in [-0.3, -0.25) is 4.79 Å². The molecule has 6 nitrogen and oxygen atoms in total. The van der Waals surface area contributed by atoms with Crippen LogP contribution in [0.25, 0.3) is 21.3 Å². The third-order valence-electron chi connectivity index (χ3n) is 5.20. The van der Waals surface area contributed by atoms with E-state index in [2.05, 4.69) is 4.99 Å². The lowest BCUT2D eigenvalue weighted by atomic mass is 10.0. The number of hydrogen-bond acceptors (Lipinski definition) is 5. The zero-order valence-corrected chi connectivity index (χ0v) is 19.3. The van der Waals surface area contributed by atoms with Crippen molar-refractivity contribution in [3.8, 4) is 11.1 Å². The van der Waals surface area contributed by atoms with Gasteiger partial charge >= 0.3 is 5.97 Å². The predicted molar refractivity (Wildman–Crippen MR) is 129 cm³/mol. The van der Waals surface area contributed by atoms with Gasteiger partial charge in [0.2, 0.25) is 0 Å². The molecule has 1 heterocycles. The van der Waals surface area contributed by atoms with Gasteiger partial charge in [0.05, 0.1) is 29.5 Å². The molecule has 0 aliphatic carbocycles. The van der Waals surface area contributed by atoms with Crippen LogP contribution in [0.4, 0.5) is 0 Å². The minimum Gasteiger partial charge on any atom is -0.465 e. The number of nitrogens with zero attached hydrogens (tertiary/aromatic N) is 2. The van der Waals surface area contributed by atoms with Crippen LogP contribution in [0.1, 0.15) is 27.6 Å². The molecular weight excluding hydrogens is 436 g/mol. The third-order valence-corrected chi connectivity index (χ3v) is 6.24. The molecule has 0 aliphatic rings. The summed E-state index contributed by atoms with van der Waals surface area (Å²) in [4.78, 5) is 29.9. The molecular formula is C26H24N2O4S. The molecule has 3 aromatic carbocycles. The Kier molecular flexibility index (Phi) is 7.12. The number of fused-ring (bicyclic) bond motifs is 1. The number of carbonyl (C=O) groups excluding carboxylic acids is 2. The van der Waals surface area contributed by atoms with Crippen LogP contribution < -0.4 is 4.80 Å². The normalized spacial score (nSPS) is 11.6. The number of ether oxygens (including phenoxy) is 2. The fourth-order valence-corrected chi connectivity index (χ4v) is 4.60. The number of methoxy groups -OCH3 is 1. The highest BCUT2D eigenvalue weighted by Crippen LogP contribution is 2.21. The number of carbonyl (C=O) groups is 2. The monoisotopic (exact) mass is 460 g/mol. The number of benzene rings is 3. The first-order valence-corrected chi connectivity index (χ1v) is 11.5. The van der Waals surface area contributed by atoms with Crippen molar-refractivity contribution in [2.45, 2.75) is 13.5 Å². The average Bonchev–Trinajstić information content (AvgIpc) is 3.20. The molecule has 0 bridgehead atoms. The Balaban J connectivity index is 1.70. The van der Waals surface area contributed by atoms with E-state index in [1.807, 2.05) is 60.0 Å². The molecule has 0 spiro atoms. The summed E-state index contributed by atoms with van der Waals surface area (Å²) in [6, 6.07) is 22.8. The number of esters is 1. The molecule has 33 heavy (non-hydrogen) atoms. The molecule has 0 aliphatic heterocycles. The Morgan fingerprint density at radius 1 is 0.939 bits per heavy atom. The Morgan fingerprint density at radius 2 is 1.64 bits per heavy atom. The molecule has 0 fully saturated rings. The zero-order chi connectivity index (χ0) is 23.2. The van der Waals surface area contributed by atoms with Crippen LogP contribution in [-0.4, -0.2) is 36.8 Å². The van der Waals surface area contributed by atoms with Crippen molar-refractivity contribution >= 4 is 33.4 Å². The summed E-state index contributed by atoms with van der Waals surface area (Å²) in [6.07, 6.45) is 0. The lowest BCUT2D eigenvalue weighted by Gasteiger charge is -2.06. The maximum atomic E-state index is 13.0. The van der Waals surface area contributed by atoms with Gasteiger partial charge in [0.25, 0.3) is 5.91 Å². The van der Waals surface area contributed by atoms with Crippen molar-refractivity contribution in [3.63, 3.8) is 0 Å². The van der Waals surface area contributed by atoms with Crippen LogP contribution in [-0.2, 0) is 16.0 Å².